The van der Waals surface area contributed by atoms with Crippen LogP contribution in [0.1, 0.15) is 22.3 Å². The molecule has 64 heavy (non-hydrogen) atoms. The first-order valence-corrected chi connectivity index (χ1v) is 22.8. The molecule has 0 radical (unpaired) electrons. The average Bonchev–Trinajstić information content (AvgIpc) is 4.01. The highest BCUT2D eigenvalue weighted by Crippen LogP contribution is 2.57. The lowest BCUT2D eigenvalue weighted by Crippen LogP contribution is -2.28. The van der Waals surface area contributed by atoms with E-state index in [1.54, 1.807) is 0 Å². The van der Waals surface area contributed by atoms with Gasteiger partial charge in [-0.15, -0.1) is 11.3 Å². The number of rotatable bonds is 7. The van der Waals surface area contributed by atoms with E-state index < -0.39 is 5.41 Å². The summed E-state index contributed by atoms with van der Waals surface area (Å²) in [5.74, 6) is 0. The molecule has 10 aromatic carbocycles. The minimum Gasteiger partial charge on any atom is -0.310 e. The first-order chi connectivity index (χ1) is 31.7. The Hall–Kier alpha value is -7.98. The number of para-hydroxylation sites is 2. The molecule has 0 saturated carbocycles. The Kier molecular flexibility index (Phi) is 8.34. The van der Waals surface area contributed by atoms with Crippen molar-refractivity contribution in [2.75, 3.05) is 4.90 Å². The number of thiophene rings is 1. The molecule has 0 fully saturated rings. The smallest absolute Gasteiger partial charge is 0.0714 e. The van der Waals surface area contributed by atoms with Crippen molar-refractivity contribution in [1.82, 2.24) is 4.57 Å². The Labute approximate surface area is 376 Å². The highest BCUT2D eigenvalue weighted by molar-refractivity contribution is 7.25. The van der Waals surface area contributed by atoms with Crippen LogP contribution in [0.4, 0.5) is 17.1 Å². The summed E-state index contributed by atoms with van der Waals surface area (Å²) in [7, 11) is 0. The zero-order valence-electron chi connectivity index (χ0n) is 34.9. The molecule has 0 unspecified atom stereocenters. The molecule has 3 heteroatoms. The number of hydrogen-bond donors (Lipinski definition) is 0. The standard InChI is InChI=1S/C61H40N2S/c1-4-16-41(17-5-1)42-28-30-45(31-29-42)62(47-32-35-50-49-22-10-13-25-55(49)61(56(50)39-47,43-18-6-2-7-19-43)44-20-8-3-9-21-44)48-33-36-53-54-38-46(34-37-59(54)64-60(53)40-48)63-57-26-14-11-23-51(57)52-24-12-15-27-58(52)63/h1-40H. The van der Waals surface area contributed by atoms with Crippen molar-refractivity contribution < 1.29 is 0 Å². The van der Waals surface area contributed by atoms with Crippen molar-refractivity contribution >= 4 is 70.4 Å². The number of anilines is 3. The lowest BCUT2D eigenvalue weighted by Gasteiger charge is -2.35. The van der Waals surface area contributed by atoms with Crippen LogP contribution in [0.15, 0.2) is 243 Å². The summed E-state index contributed by atoms with van der Waals surface area (Å²) in [6.07, 6.45) is 0. The van der Waals surface area contributed by atoms with E-state index in [-0.39, 0.29) is 0 Å². The molecule has 0 saturated heterocycles. The predicted molar refractivity (Wildman–Crippen MR) is 271 cm³/mol. The third-order valence-corrected chi connectivity index (χ3v) is 14.6. The van der Waals surface area contributed by atoms with E-state index in [0.717, 1.165) is 17.1 Å². The van der Waals surface area contributed by atoms with E-state index >= 15 is 0 Å². The predicted octanol–water partition coefficient (Wildman–Crippen LogP) is 16.7. The van der Waals surface area contributed by atoms with Gasteiger partial charge in [-0.1, -0.05) is 176 Å². The van der Waals surface area contributed by atoms with Gasteiger partial charge in [0.2, 0.25) is 0 Å². The molecule has 13 rings (SSSR count). The van der Waals surface area contributed by atoms with E-state index in [9.17, 15) is 0 Å². The molecule has 1 aliphatic carbocycles. The van der Waals surface area contributed by atoms with Crippen LogP contribution in [0, 0.1) is 0 Å². The van der Waals surface area contributed by atoms with Gasteiger partial charge in [-0.25, -0.2) is 0 Å². The molecule has 0 amide bonds. The van der Waals surface area contributed by atoms with Gasteiger partial charge in [-0.2, -0.15) is 0 Å². The van der Waals surface area contributed by atoms with Gasteiger partial charge in [0.1, 0.15) is 0 Å². The van der Waals surface area contributed by atoms with Crippen molar-refractivity contribution in [2.45, 2.75) is 5.41 Å². The van der Waals surface area contributed by atoms with Crippen LogP contribution in [-0.4, -0.2) is 4.57 Å². The zero-order valence-corrected chi connectivity index (χ0v) is 35.7. The molecule has 2 aromatic heterocycles. The second-order valence-corrected chi connectivity index (χ2v) is 17.9. The normalized spacial score (nSPS) is 12.8. The highest BCUT2D eigenvalue weighted by atomic mass is 32.1. The van der Waals surface area contributed by atoms with E-state index in [1.165, 1.54) is 92.2 Å². The Morgan fingerprint density at radius 1 is 0.344 bits per heavy atom. The van der Waals surface area contributed by atoms with Crippen LogP contribution in [-0.2, 0) is 5.41 Å². The maximum absolute atomic E-state index is 2.47. The van der Waals surface area contributed by atoms with Crippen LogP contribution in [0.25, 0.3) is 69.9 Å². The summed E-state index contributed by atoms with van der Waals surface area (Å²) >= 11 is 1.87. The molecule has 2 nitrogen and oxygen atoms in total. The molecule has 1 aliphatic rings. The van der Waals surface area contributed by atoms with Gasteiger partial charge in [0.05, 0.1) is 16.4 Å². The molecular formula is C61H40N2S. The topological polar surface area (TPSA) is 8.17 Å². The molecule has 0 spiro atoms. The lowest BCUT2D eigenvalue weighted by molar-refractivity contribution is 0.768. The van der Waals surface area contributed by atoms with Crippen molar-refractivity contribution in [3.63, 3.8) is 0 Å². The fourth-order valence-electron chi connectivity index (χ4n) is 10.7. The number of fused-ring (bicyclic) bond motifs is 9. The Morgan fingerprint density at radius 3 is 1.59 bits per heavy atom. The van der Waals surface area contributed by atoms with E-state index in [2.05, 4.69) is 252 Å². The van der Waals surface area contributed by atoms with Crippen LogP contribution in [0.5, 0.6) is 0 Å². The molecule has 12 aromatic rings. The van der Waals surface area contributed by atoms with Crippen LogP contribution < -0.4 is 4.90 Å². The van der Waals surface area contributed by atoms with Gasteiger partial charge in [-0.05, 0) is 111 Å². The minimum atomic E-state index is -0.503. The van der Waals surface area contributed by atoms with E-state index in [1.807, 2.05) is 11.3 Å². The van der Waals surface area contributed by atoms with Crippen LogP contribution >= 0.6 is 11.3 Å². The molecule has 0 aliphatic heterocycles. The first kappa shape index (κ1) is 36.7. The molecule has 2 heterocycles. The van der Waals surface area contributed by atoms with E-state index in [4.69, 9.17) is 0 Å². The molecule has 0 atom stereocenters. The average molecular weight is 833 g/mol. The van der Waals surface area contributed by atoms with Crippen LogP contribution in [0.3, 0.4) is 0 Å². The molecule has 300 valence electrons. The Morgan fingerprint density at radius 2 is 0.891 bits per heavy atom. The summed E-state index contributed by atoms with van der Waals surface area (Å²) < 4.78 is 4.95. The van der Waals surface area contributed by atoms with Crippen LogP contribution in [0.2, 0.25) is 0 Å². The van der Waals surface area contributed by atoms with Gasteiger partial charge in [0, 0.05) is 53.7 Å². The van der Waals surface area contributed by atoms with Gasteiger partial charge in [-0.3, -0.25) is 0 Å². The summed E-state index contributed by atoms with van der Waals surface area (Å²) in [5, 5.41) is 5.09. The Balaban J connectivity index is 1.00. The minimum absolute atomic E-state index is 0.503. The zero-order chi connectivity index (χ0) is 42.2. The maximum atomic E-state index is 2.47. The Bertz CT molecular complexity index is 3620. The number of hydrogen-bond acceptors (Lipinski definition) is 2. The maximum Gasteiger partial charge on any atom is 0.0714 e. The fourth-order valence-corrected chi connectivity index (χ4v) is 11.8. The number of benzene rings is 10. The fraction of sp³-hybridized carbons (Fsp3) is 0.0164. The second kappa shape index (κ2) is 14.6. The molecule has 0 bridgehead atoms. The summed E-state index contributed by atoms with van der Waals surface area (Å²) in [5.41, 5.74) is 16.5. The largest absolute Gasteiger partial charge is 0.310 e. The quantitative estimate of drug-likeness (QED) is 0.155. The van der Waals surface area contributed by atoms with Gasteiger partial charge in [0.15, 0.2) is 0 Å². The summed E-state index contributed by atoms with van der Waals surface area (Å²) in [6, 6.07) is 89.5. The molecule has 0 N–H and O–H groups in total. The van der Waals surface area contributed by atoms with Crippen molar-refractivity contribution in [2.24, 2.45) is 0 Å². The highest BCUT2D eigenvalue weighted by Gasteiger charge is 2.46. The van der Waals surface area contributed by atoms with Crippen molar-refractivity contribution in [3.8, 4) is 27.9 Å². The lowest BCUT2D eigenvalue weighted by atomic mass is 9.67. The summed E-state index contributed by atoms with van der Waals surface area (Å²) in [6.45, 7) is 0. The van der Waals surface area contributed by atoms with E-state index in [0.29, 0.717) is 0 Å². The third kappa shape index (κ3) is 5.51. The van der Waals surface area contributed by atoms with Crippen molar-refractivity contribution in [1.29, 1.82) is 0 Å². The van der Waals surface area contributed by atoms with Gasteiger partial charge in [0.25, 0.3) is 0 Å². The van der Waals surface area contributed by atoms with Gasteiger partial charge < -0.3 is 9.47 Å². The monoisotopic (exact) mass is 832 g/mol. The van der Waals surface area contributed by atoms with Gasteiger partial charge >= 0.3 is 0 Å². The third-order valence-electron chi connectivity index (χ3n) is 13.5. The SMILES string of the molecule is c1ccc(-c2ccc(N(c3ccc4c(c3)C(c3ccccc3)(c3ccccc3)c3ccccc3-4)c3ccc4c(c3)sc3ccc(-n5c6ccccc6c6ccccc65)cc34)cc2)cc1. The van der Waals surface area contributed by atoms with Crippen molar-refractivity contribution in [3.05, 3.63) is 265 Å². The summed E-state index contributed by atoms with van der Waals surface area (Å²) in [4.78, 5) is 2.45. The second-order valence-electron chi connectivity index (χ2n) is 16.8. The number of nitrogens with zero attached hydrogens (tertiary/aromatic N) is 2. The molecular weight excluding hydrogens is 793 g/mol. The first-order valence-electron chi connectivity index (χ1n) is 22.0. The number of aromatic nitrogens is 1.